The van der Waals surface area contributed by atoms with Crippen molar-refractivity contribution >= 4 is 5.91 Å². The zero-order valence-electron chi connectivity index (χ0n) is 9.71. The molecule has 1 atom stereocenters. The van der Waals surface area contributed by atoms with Crippen molar-refractivity contribution in [2.24, 2.45) is 0 Å². The van der Waals surface area contributed by atoms with Crippen LogP contribution in [-0.2, 0) is 16.1 Å². The molecule has 1 saturated heterocycles. The van der Waals surface area contributed by atoms with Crippen molar-refractivity contribution in [3.8, 4) is 0 Å². The Morgan fingerprint density at radius 3 is 2.76 bits per heavy atom. The smallest absolute Gasteiger partial charge is 0.251 e. The van der Waals surface area contributed by atoms with E-state index >= 15 is 0 Å². The molecule has 17 heavy (non-hydrogen) atoms. The van der Waals surface area contributed by atoms with E-state index < -0.39 is 6.10 Å². The first-order valence-electron chi connectivity index (χ1n) is 5.86. The third-order valence-corrected chi connectivity index (χ3v) is 2.89. The van der Waals surface area contributed by atoms with Gasteiger partial charge in [-0.15, -0.1) is 0 Å². The number of carbonyl (C=O) groups is 1. The van der Waals surface area contributed by atoms with Crippen molar-refractivity contribution in [2.45, 2.75) is 19.1 Å². The van der Waals surface area contributed by atoms with Crippen molar-refractivity contribution in [1.29, 1.82) is 0 Å². The highest BCUT2D eigenvalue weighted by Crippen LogP contribution is 2.10. The molecule has 1 amide bonds. The van der Waals surface area contributed by atoms with Crippen LogP contribution in [0.1, 0.15) is 12.0 Å². The zero-order chi connectivity index (χ0) is 12.1. The number of benzene rings is 1. The number of aliphatic hydroxyl groups excluding tert-OH is 1. The van der Waals surface area contributed by atoms with Gasteiger partial charge in [0.25, 0.3) is 5.91 Å². The molecule has 1 aliphatic rings. The van der Waals surface area contributed by atoms with Gasteiger partial charge in [-0.25, -0.2) is 0 Å². The minimum atomic E-state index is -0.802. The predicted octanol–water partition coefficient (Wildman–Crippen LogP) is 0.796. The number of nitrogens with zero attached hydrogens (tertiary/aromatic N) is 1. The van der Waals surface area contributed by atoms with Crippen LogP contribution >= 0.6 is 0 Å². The molecule has 1 fully saturated rings. The Bertz CT molecular complexity index is 366. The lowest BCUT2D eigenvalue weighted by atomic mass is 10.2. The second-order valence-electron chi connectivity index (χ2n) is 4.17. The molecule has 0 aromatic heterocycles. The van der Waals surface area contributed by atoms with Crippen molar-refractivity contribution in [3.63, 3.8) is 0 Å². The summed E-state index contributed by atoms with van der Waals surface area (Å²) < 4.78 is 5.49. The number of amides is 1. The largest absolute Gasteiger partial charge is 0.383 e. The SMILES string of the molecule is O=C1[C@H](O)CCN1CCOCc1ccccc1. The van der Waals surface area contributed by atoms with E-state index in [0.717, 1.165) is 5.56 Å². The number of likely N-dealkylation sites (tertiary alicyclic amines) is 1. The van der Waals surface area contributed by atoms with Crippen LogP contribution in [0, 0.1) is 0 Å². The van der Waals surface area contributed by atoms with Gasteiger partial charge in [-0.3, -0.25) is 4.79 Å². The van der Waals surface area contributed by atoms with Crippen LogP contribution in [0.4, 0.5) is 0 Å². The Kier molecular flexibility index (Phi) is 4.12. The number of carbonyl (C=O) groups excluding carboxylic acids is 1. The summed E-state index contributed by atoms with van der Waals surface area (Å²) in [5.74, 6) is -0.173. The topological polar surface area (TPSA) is 49.8 Å². The molecule has 2 rings (SSSR count). The molecule has 1 aromatic carbocycles. The summed E-state index contributed by atoms with van der Waals surface area (Å²) in [6.45, 7) is 2.26. The molecular formula is C13H17NO3. The first kappa shape index (κ1) is 12.1. The van der Waals surface area contributed by atoms with Gasteiger partial charge in [0.05, 0.1) is 13.2 Å². The minimum Gasteiger partial charge on any atom is -0.383 e. The Morgan fingerprint density at radius 2 is 2.12 bits per heavy atom. The van der Waals surface area contributed by atoms with Crippen molar-refractivity contribution < 1.29 is 14.6 Å². The summed E-state index contributed by atoms with van der Waals surface area (Å²) in [5, 5.41) is 9.27. The summed E-state index contributed by atoms with van der Waals surface area (Å²) in [4.78, 5) is 13.0. The third-order valence-electron chi connectivity index (χ3n) is 2.89. The lowest BCUT2D eigenvalue weighted by molar-refractivity contribution is -0.135. The first-order chi connectivity index (χ1) is 8.27. The highest BCUT2D eigenvalue weighted by molar-refractivity contribution is 5.82. The van der Waals surface area contributed by atoms with E-state index in [1.165, 1.54) is 0 Å². The Balaban J connectivity index is 1.65. The molecule has 0 aliphatic carbocycles. The molecule has 4 heteroatoms. The summed E-state index contributed by atoms with van der Waals surface area (Å²) >= 11 is 0. The van der Waals surface area contributed by atoms with Gasteiger partial charge in [-0.1, -0.05) is 30.3 Å². The number of rotatable bonds is 5. The standard InChI is InChI=1S/C13H17NO3/c15-12-6-7-14(13(12)16)8-9-17-10-11-4-2-1-3-5-11/h1-5,12,15H,6-10H2/t12-/m1/s1. The van der Waals surface area contributed by atoms with E-state index in [9.17, 15) is 9.90 Å². The summed E-state index contributed by atoms with van der Waals surface area (Å²) in [5.41, 5.74) is 1.13. The zero-order valence-corrected chi connectivity index (χ0v) is 9.71. The van der Waals surface area contributed by atoms with Crippen molar-refractivity contribution in [3.05, 3.63) is 35.9 Å². The van der Waals surface area contributed by atoms with Gasteiger partial charge in [0.1, 0.15) is 6.10 Å². The van der Waals surface area contributed by atoms with Gasteiger partial charge in [0.2, 0.25) is 0 Å². The minimum absolute atomic E-state index is 0.173. The van der Waals surface area contributed by atoms with Crippen molar-refractivity contribution in [1.82, 2.24) is 4.90 Å². The number of hydrogen-bond donors (Lipinski definition) is 1. The van der Waals surface area contributed by atoms with Crippen LogP contribution in [0.25, 0.3) is 0 Å². The second-order valence-corrected chi connectivity index (χ2v) is 4.17. The maximum Gasteiger partial charge on any atom is 0.251 e. The van der Waals surface area contributed by atoms with Crippen LogP contribution in [0.2, 0.25) is 0 Å². The maximum atomic E-state index is 11.4. The molecule has 0 radical (unpaired) electrons. The quantitative estimate of drug-likeness (QED) is 0.768. The highest BCUT2D eigenvalue weighted by atomic mass is 16.5. The highest BCUT2D eigenvalue weighted by Gasteiger charge is 2.28. The molecule has 1 aliphatic heterocycles. The Hall–Kier alpha value is -1.39. The predicted molar refractivity (Wildman–Crippen MR) is 63.3 cm³/mol. The molecule has 0 unspecified atom stereocenters. The van der Waals surface area contributed by atoms with Gasteiger partial charge in [0, 0.05) is 13.1 Å². The third kappa shape index (κ3) is 3.28. The van der Waals surface area contributed by atoms with Crippen LogP contribution < -0.4 is 0 Å². The van der Waals surface area contributed by atoms with E-state index in [4.69, 9.17) is 4.74 Å². The van der Waals surface area contributed by atoms with Gasteiger partial charge in [-0.05, 0) is 12.0 Å². The average Bonchev–Trinajstić information content (AvgIpc) is 2.67. The van der Waals surface area contributed by atoms with E-state index in [2.05, 4.69) is 0 Å². The van der Waals surface area contributed by atoms with Gasteiger partial charge in [-0.2, -0.15) is 0 Å². The van der Waals surface area contributed by atoms with Gasteiger partial charge < -0.3 is 14.7 Å². The van der Waals surface area contributed by atoms with Gasteiger partial charge >= 0.3 is 0 Å². The summed E-state index contributed by atoms with van der Waals surface area (Å²) in [6, 6.07) is 9.92. The van der Waals surface area contributed by atoms with Crippen LogP contribution in [0.15, 0.2) is 30.3 Å². The fraction of sp³-hybridized carbons (Fsp3) is 0.462. The van der Waals surface area contributed by atoms with Crippen molar-refractivity contribution in [2.75, 3.05) is 19.7 Å². The van der Waals surface area contributed by atoms with E-state index in [-0.39, 0.29) is 5.91 Å². The molecule has 0 saturated carbocycles. The molecule has 0 bridgehead atoms. The molecule has 1 heterocycles. The lowest BCUT2D eigenvalue weighted by Crippen LogP contribution is -2.32. The monoisotopic (exact) mass is 235 g/mol. The molecule has 1 aromatic rings. The van der Waals surface area contributed by atoms with E-state index in [1.807, 2.05) is 30.3 Å². The number of hydrogen-bond acceptors (Lipinski definition) is 3. The normalized spacial score (nSPS) is 19.9. The lowest BCUT2D eigenvalue weighted by Gasteiger charge is -2.15. The first-order valence-corrected chi connectivity index (χ1v) is 5.86. The Labute approximate surface area is 101 Å². The summed E-state index contributed by atoms with van der Waals surface area (Å²) in [6.07, 6.45) is -0.263. The summed E-state index contributed by atoms with van der Waals surface area (Å²) in [7, 11) is 0. The van der Waals surface area contributed by atoms with Crippen LogP contribution in [0.5, 0.6) is 0 Å². The van der Waals surface area contributed by atoms with Gasteiger partial charge in [0.15, 0.2) is 0 Å². The molecule has 1 N–H and O–H groups in total. The maximum absolute atomic E-state index is 11.4. The molecular weight excluding hydrogens is 218 g/mol. The fourth-order valence-electron chi connectivity index (χ4n) is 1.88. The second kappa shape index (κ2) is 5.80. The Morgan fingerprint density at radius 1 is 1.35 bits per heavy atom. The molecule has 0 spiro atoms. The molecule has 4 nitrogen and oxygen atoms in total. The molecule has 92 valence electrons. The van der Waals surface area contributed by atoms with E-state index in [0.29, 0.717) is 32.7 Å². The number of ether oxygens (including phenoxy) is 1. The van der Waals surface area contributed by atoms with Crippen LogP contribution in [0.3, 0.4) is 0 Å². The van der Waals surface area contributed by atoms with Crippen LogP contribution in [-0.4, -0.2) is 41.7 Å². The van der Waals surface area contributed by atoms with E-state index in [1.54, 1.807) is 4.90 Å². The average molecular weight is 235 g/mol. The number of aliphatic hydroxyl groups is 1. The fourth-order valence-corrected chi connectivity index (χ4v) is 1.88.